The largest absolute Gasteiger partial charge is 0.399 e. The Morgan fingerprint density at radius 3 is 2.24 bits per heavy atom. The predicted molar refractivity (Wildman–Crippen MR) is 85.0 cm³/mol. The number of nitrogen functional groups attached to an aromatic ring is 1. The maximum absolute atomic E-state index is 12.6. The molecule has 118 valence electrons. The number of benzene rings is 1. The number of nitrogens with two attached hydrogens (primary N) is 1. The molecular formula is C15H25N3O2S. The van der Waals surface area contributed by atoms with Gasteiger partial charge < -0.3 is 5.73 Å². The van der Waals surface area contributed by atoms with E-state index in [9.17, 15) is 8.42 Å². The molecule has 5 nitrogen and oxygen atoms in total. The van der Waals surface area contributed by atoms with Crippen LogP contribution < -0.4 is 10.6 Å². The third kappa shape index (κ3) is 3.39. The number of hydrazine groups is 1. The molecule has 1 aliphatic rings. The molecule has 1 aromatic rings. The molecule has 0 unspecified atom stereocenters. The lowest BCUT2D eigenvalue weighted by Gasteiger charge is -2.52. The van der Waals surface area contributed by atoms with Gasteiger partial charge in [-0.25, -0.2) is 13.4 Å². The van der Waals surface area contributed by atoms with Crippen LogP contribution in [-0.4, -0.2) is 24.5 Å². The summed E-state index contributed by atoms with van der Waals surface area (Å²) in [5.74, 6) is 0. The van der Waals surface area contributed by atoms with Crippen LogP contribution in [-0.2, 0) is 10.0 Å². The van der Waals surface area contributed by atoms with Crippen molar-refractivity contribution in [2.45, 2.75) is 62.9 Å². The van der Waals surface area contributed by atoms with Crippen molar-refractivity contribution in [1.29, 1.82) is 0 Å². The van der Waals surface area contributed by atoms with Crippen molar-refractivity contribution in [2.75, 3.05) is 5.73 Å². The second-order valence-corrected chi connectivity index (χ2v) is 8.64. The van der Waals surface area contributed by atoms with Gasteiger partial charge in [-0.1, -0.05) is 6.07 Å². The number of rotatable bonds is 3. The van der Waals surface area contributed by atoms with E-state index < -0.39 is 10.0 Å². The Hall–Kier alpha value is -1.11. The third-order valence-corrected chi connectivity index (χ3v) is 5.47. The van der Waals surface area contributed by atoms with E-state index in [0.29, 0.717) is 5.69 Å². The van der Waals surface area contributed by atoms with E-state index in [4.69, 9.17) is 5.73 Å². The Kier molecular flexibility index (Phi) is 4.08. The molecule has 1 aliphatic heterocycles. The molecule has 0 aliphatic carbocycles. The summed E-state index contributed by atoms with van der Waals surface area (Å²) in [7, 11) is -3.63. The second kappa shape index (κ2) is 5.26. The molecule has 1 aromatic carbocycles. The highest BCUT2D eigenvalue weighted by Gasteiger charge is 2.43. The van der Waals surface area contributed by atoms with Crippen molar-refractivity contribution < 1.29 is 8.42 Å². The summed E-state index contributed by atoms with van der Waals surface area (Å²) in [5.41, 5.74) is 5.67. The van der Waals surface area contributed by atoms with Crippen LogP contribution in [0.3, 0.4) is 0 Å². The lowest BCUT2D eigenvalue weighted by molar-refractivity contribution is -0.0468. The smallest absolute Gasteiger partial charge is 0.253 e. The summed E-state index contributed by atoms with van der Waals surface area (Å²) < 4.78 is 25.2. The van der Waals surface area contributed by atoms with E-state index in [1.54, 1.807) is 18.2 Å². The second-order valence-electron chi connectivity index (χ2n) is 6.98. The fourth-order valence-corrected chi connectivity index (χ4v) is 4.49. The number of nitrogens with one attached hydrogen (secondary N) is 1. The first-order valence-electron chi connectivity index (χ1n) is 7.23. The molecule has 6 heteroatoms. The highest BCUT2D eigenvalue weighted by molar-refractivity contribution is 7.89. The molecule has 1 saturated heterocycles. The Balaban J connectivity index is 2.34. The fraction of sp³-hybridized carbons (Fsp3) is 0.600. The van der Waals surface area contributed by atoms with Crippen LogP contribution in [0.15, 0.2) is 29.2 Å². The molecular weight excluding hydrogens is 286 g/mol. The summed E-state index contributed by atoms with van der Waals surface area (Å²) in [6.07, 6.45) is 3.00. The van der Waals surface area contributed by atoms with Crippen LogP contribution in [0.5, 0.6) is 0 Å². The molecule has 0 bridgehead atoms. The number of sulfonamides is 1. The number of nitrogens with zero attached hydrogens (tertiary/aromatic N) is 1. The van der Waals surface area contributed by atoms with Gasteiger partial charge in [0.1, 0.15) is 0 Å². The summed E-state index contributed by atoms with van der Waals surface area (Å²) in [6, 6.07) is 6.36. The lowest BCUT2D eigenvalue weighted by Crippen LogP contribution is -2.65. The summed E-state index contributed by atoms with van der Waals surface area (Å²) in [5, 5.41) is 1.88. The highest BCUT2D eigenvalue weighted by Crippen LogP contribution is 2.37. The van der Waals surface area contributed by atoms with Crippen molar-refractivity contribution in [2.24, 2.45) is 0 Å². The van der Waals surface area contributed by atoms with Crippen molar-refractivity contribution in [3.05, 3.63) is 24.3 Å². The minimum absolute atomic E-state index is 0.194. The Morgan fingerprint density at radius 1 is 1.14 bits per heavy atom. The van der Waals surface area contributed by atoms with Gasteiger partial charge >= 0.3 is 0 Å². The average molecular weight is 311 g/mol. The van der Waals surface area contributed by atoms with E-state index in [0.717, 1.165) is 19.3 Å². The van der Waals surface area contributed by atoms with Crippen LogP contribution in [0.1, 0.15) is 47.0 Å². The van der Waals surface area contributed by atoms with E-state index in [2.05, 4.69) is 32.5 Å². The number of hydrogen-bond donors (Lipinski definition) is 2. The zero-order chi connectivity index (χ0) is 15.9. The van der Waals surface area contributed by atoms with Crippen LogP contribution in [0.2, 0.25) is 0 Å². The molecule has 2 rings (SSSR count). The molecule has 1 fully saturated rings. The highest BCUT2D eigenvalue weighted by atomic mass is 32.2. The molecule has 0 saturated carbocycles. The average Bonchev–Trinajstić information content (AvgIpc) is 2.34. The van der Waals surface area contributed by atoms with Crippen molar-refractivity contribution in [3.8, 4) is 0 Å². The third-order valence-electron chi connectivity index (χ3n) is 4.17. The first-order chi connectivity index (χ1) is 9.55. The van der Waals surface area contributed by atoms with Gasteiger partial charge in [-0.05, 0) is 65.2 Å². The minimum Gasteiger partial charge on any atom is -0.399 e. The van der Waals surface area contributed by atoms with Crippen LogP contribution in [0.4, 0.5) is 5.69 Å². The minimum atomic E-state index is -3.63. The fourth-order valence-electron chi connectivity index (χ4n) is 3.10. The number of hydrogen-bond acceptors (Lipinski definition) is 4. The van der Waals surface area contributed by atoms with Gasteiger partial charge in [0.05, 0.1) is 4.90 Å². The molecule has 1 heterocycles. The van der Waals surface area contributed by atoms with Crippen molar-refractivity contribution in [3.63, 3.8) is 0 Å². The number of piperidine rings is 1. The standard InChI is InChI=1S/C15H25N3O2S/c1-14(2)9-6-10-15(3,4)18(14)17-21(19,20)13-8-5-7-12(16)11-13/h5,7-8,11,17H,6,9-10,16H2,1-4H3. The SMILES string of the molecule is CC1(C)CCCC(C)(C)N1NS(=O)(=O)c1cccc(N)c1. The lowest BCUT2D eigenvalue weighted by atomic mass is 9.82. The summed E-state index contributed by atoms with van der Waals surface area (Å²) in [6.45, 7) is 8.26. The van der Waals surface area contributed by atoms with Gasteiger partial charge in [0.15, 0.2) is 0 Å². The summed E-state index contributed by atoms with van der Waals surface area (Å²) in [4.78, 5) is 2.96. The van der Waals surface area contributed by atoms with Crippen LogP contribution in [0, 0.1) is 0 Å². The molecule has 0 aromatic heterocycles. The quantitative estimate of drug-likeness (QED) is 0.841. The molecule has 0 radical (unpaired) electrons. The first-order valence-corrected chi connectivity index (χ1v) is 8.71. The summed E-state index contributed by atoms with van der Waals surface area (Å²) >= 11 is 0. The molecule has 0 atom stereocenters. The number of anilines is 1. The Bertz CT molecular complexity index is 608. The normalized spacial score (nSPS) is 22.1. The van der Waals surface area contributed by atoms with E-state index >= 15 is 0 Å². The van der Waals surface area contributed by atoms with Gasteiger partial charge in [0.2, 0.25) is 0 Å². The van der Waals surface area contributed by atoms with Crippen LogP contribution in [0.25, 0.3) is 0 Å². The van der Waals surface area contributed by atoms with Gasteiger partial charge in [0.25, 0.3) is 10.0 Å². The first kappa shape index (κ1) is 16.3. The van der Waals surface area contributed by atoms with Gasteiger partial charge in [-0.15, -0.1) is 4.83 Å². The predicted octanol–water partition coefficient (Wildman–Crippen LogP) is 2.51. The van der Waals surface area contributed by atoms with E-state index in [1.165, 1.54) is 6.07 Å². The monoisotopic (exact) mass is 311 g/mol. The van der Waals surface area contributed by atoms with E-state index in [1.807, 2.05) is 5.01 Å². The molecule has 0 amide bonds. The van der Waals surface area contributed by atoms with Gasteiger partial charge in [-0.3, -0.25) is 0 Å². The molecule has 3 N–H and O–H groups in total. The Morgan fingerprint density at radius 2 is 1.71 bits per heavy atom. The van der Waals surface area contributed by atoms with Gasteiger partial charge in [-0.2, -0.15) is 0 Å². The zero-order valence-electron chi connectivity index (χ0n) is 13.2. The van der Waals surface area contributed by atoms with E-state index in [-0.39, 0.29) is 16.0 Å². The van der Waals surface area contributed by atoms with Gasteiger partial charge in [0, 0.05) is 16.8 Å². The molecule has 0 spiro atoms. The van der Waals surface area contributed by atoms with Crippen LogP contribution >= 0.6 is 0 Å². The molecule has 21 heavy (non-hydrogen) atoms. The zero-order valence-corrected chi connectivity index (χ0v) is 14.0. The topological polar surface area (TPSA) is 75.4 Å². The van der Waals surface area contributed by atoms with Crippen molar-refractivity contribution >= 4 is 15.7 Å². The van der Waals surface area contributed by atoms with Crippen molar-refractivity contribution in [1.82, 2.24) is 9.84 Å². The maximum atomic E-state index is 12.6. The maximum Gasteiger partial charge on any atom is 0.253 e. The Labute approximate surface area is 127 Å².